The fraction of sp³-hybridized carbons (Fsp3) is 1.00. The molecular weight excluding hydrogens is 160 g/mol. The molecule has 0 heterocycles. The second kappa shape index (κ2) is 2.98. The van der Waals surface area contributed by atoms with E-state index in [2.05, 4.69) is 20.8 Å². The zero-order valence-corrected chi connectivity index (χ0v) is 9.78. The van der Waals surface area contributed by atoms with Gasteiger partial charge in [-0.15, -0.1) is 0 Å². The molecule has 0 aromatic carbocycles. The first-order chi connectivity index (χ1) is 5.66. The van der Waals surface area contributed by atoms with Crippen LogP contribution < -0.4 is 0 Å². The van der Waals surface area contributed by atoms with E-state index in [-0.39, 0.29) is 0 Å². The van der Waals surface area contributed by atoms with Gasteiger partial charge in [-0.05, 0) is 50.4 Å². The Morgan fingerprint density at radius 1 is 1.08 bits per heavy atom. The first kappa shape index (κ1) is 11.0. The lowest BCUT2D eigenvalue weighted by Gasteiger charge is -2.33. The molecule has 0 aromatic heterocycles. The molecule has 0 amide bonds. The first-order valence-corrected chi connectivity index (χ1v) is 5.39. The normalized spacial score (nSPS) is 21.7. The van der Waals surface area contributed by atoms with Crippen molar-refractivity contribution in [3.8, 4) is 0 Å². The van der Waals surface area contributed by atoms with Crippen LogP contribution in [0, 0.1) is 10.8 Å². The summed E-state index contributed by atoms with van der Waals surface area (Å²) in [5.74, 6) is 0. The van der Waals surface area contributed by atoms with E-state index in [4.69, 9.17) is 0 Å². The van der Waals surface area contributed by atoms with Crippen LogP contribution in [0.25, 0.3) is 0 Å². The molecular formula is C12H24O. The molecule has 1 nitrogen and oxygen atoms in total. The first-order valence-electron chi connectivity index (χ1n) is 5.39. The van der Waals surface area contributed by atoms with Crippen molar-refractivity contribution in [3.05, 3.63) is 0 Å². The fourth-order valence-corrected chi connectivity index (χ4v) is 2.07. The molecule has 13 heavy (non-hydrogen) atoms. The van der Waals surface area contributed by atoms with E-state index in [1.807, 2.05) is 13.8 Å². The minimum absolute atomic E-state index is 0.415. The van der Waals surface area contributed by atoms with E-state index in [1.54, 1.807) is 0 Å². The van der Waals surface area contributed by atoms with E-state index >= 15 is 0 Å². The van der Waals surface area contributed by atoms with Crippen molar-refractivity contribution in [2.75, 3.05) is 0 Å². The van der Waals surface area contributed by atoms with Crippen LogP contribution in [0.1, 0.15) is 60.3 Å². The summed E-state index contributed by atoms with van der Waals surface area (Å²) in [5, 5.41) is 9.67. The van der Waals surface area contributed by atoms with Crippen LogP contribution in [-0.4, -0.2) is 10.7 Å². The third-order valence-corrected chi connectivity index (χ3v) is 3.66. The van der Waals surface area contributed by atoms with Crippen LogP contribution in [0.4, 0.5) is 0 Å². The Bertz CT molecular complexity index is 176. The summed E-state index contributed by atoms with van der Waals surface area (Å²) in [7, 11) is 0. The highest BCUT2D eigenvalue weighted by molar-refractivity contribution is 5.01. The van der Waals surface area contributed by atoms with Gasteiger partial charge in [0.15, 0.2) is 0 Å². The molecule has 0 aliphatic heterocycles. The van der Waals surface area contributed by atoms with Gasteiger partial charge in [-0.3, -0.25) is 0 Å². The number of hydrogen-bond donors (Lipinski definition) is 1. The Labute approximate surface area is 82.5 Å². The summed E-state index contributed by atoms with van der Waals surface area (Å²) >= 11 is 0. The Morgan fingerprint density at radius 2 is 1.54 bits per heavy atom. The smallest absolute Gasteiger partial charge is 0.0592 e. The summed E-state index contributed by atoms with van der Waals surface area (Å²) in [6, 6.07) is 0. The molecule has 78 valence electrons. The number of hydrogen-bond acceptors (Lipinski definition) is 1. The maximum Gasteiger partial charge on any atom is 0.0592 e. The lowest BCUT2D eigenvalue weighted by molar-refractivity contribution is 0.0506. The molecule has 1 fully saturated rings. The van der Waals surface area contributed by atoms with Crippen molar-refractivity contribution >= 4 is 0 Å². The van der Waals surface area contributed by atoms with Gasteiger partial charge in [0, 0.05) is 0 Å². The van der Waals surface area contributed by atoms with Gasteiger partial charge >= 0.3 is 0 Å². The quantitative estimate of drug-likeness (QED) is 0.713. The van der Waals surface area contributed by atoms with Crippen molar-refractivity contribution in [3.63, 3.8) is 0 Å². The predicted octanol–water partition coefficient (Wildman–Crippen LogP) is 3.36. The summed E-state index contributed by atoms with van der Waals surface area (Å²) < 4.78 is 0. The molecule has 1 heteroatoms. The summed E-state index contributed by atoms with van der Waals surface area (Å²) in [6.45, 7) is 10.8. The fourth-order valence-electron chi connectivity index (χ4n) is 2.07. The van der Waals surface area contributed by atoms with E-state index < -0.39 is 5.60 Å². The maximum atomic E-state index is 9.67. The zero-order valence-electron chi connectivity index (χ0n) is 9.78. The minimum Gasteiger partial charge on any atom is -0.390 e. The van der Waals surface area contributed by atoms with E-state index in [1.165, 1.54) is 19.3 Å². The van der Waals surface area contributed by atoms with E-state index in [0.29, 0.717) is 10.8 Å². The van der Waals surface area contributed by atoms with Crippen LogP contribution in [0.3, 0.4) is 0 Å². The van der Waals surface area contributed by atoms with Gasteiger partial charge in [0.1, 0.15) is 0 Å². The third-order valence-electron chi connectivity index (χ3n) is 3.66. The number of rotatable bonds is 3. The van der Waals surface area contributed by atoms with Gasteiger partial charge < -0.3 is 5.11 Å². The molecule has 0 spiro atoms. The molecule has 1 aliphatic rings. The van der Waals surface area contributed by atoms with Gasteiger partial charge in [-0.1, -0.05) is 20.8 Å². The molecule has 0 bridgehead atoms. The van der Waals surface area contributed by atoms with Gasteiger partial charge in [-0.2, -0.15) is 0 Å². The molecule has 1 aliphatic carbocycles. The molecule has 1 N–H and O–H groups in total. The Kier molecular flexibility index (Phi) is 2.53. The van der Waals surface area contributed by atoms with Crippen LogP contribution in [0.5, 0.6) is 0 Å². The maximum absolute atomic E-state index is 9.67. The van der Waals surface area contributed by atoms with Crippen molar-refractivity contribution in [1.29, 1.82) is 0 Å². The molecule has 1 saturated carbocycles. The average molecular weight is 184 g/mol. The summed E-state index contributed by atoms with van der Waals surface area (Å²) in [6.07, 6.45) is 4.82. The zero-order chi connectivity index (χ0) is 10.3. The minimum atomic E-state index is -0.485. The second-order valence-electron chi connectivity index (χ2n) is 6.34. The summed E-state index contributed by atoms with van der Waals surface area (Å²) in [5.41, 5.74) is 0.464. The highest BCUT2D eigenvalue weighted by Gasteiger charge is 2.51. The van der Waals surface area contributed by atoms with Gasteiger partial charge in [0.25, 0.3) is 0 Å². The standard InChI is InChI=1S/C12H24O/c1-10(2,3)12(8-9-12)7-6-11(4,5)13/h13H,6-9H2,1-5H3. The SMILES string of the molecule is CC(C)(O)CCC1(C(C)(C)C)CC1. The second-order valence-corrected chi connectivity index (χ2v) is 6.34. The topological polar surface area (TPSA) is 20.2 Å². The van der Waals surface area contributed by atoms with Crippen molar-refractivity contribution in [1.82, 2.24) is 0 Å². The summed E-state index contributed by atoms with van der Waals surface area (Å²) in [4.78, 5) is 0. The van der Waals surface area contributed by atoms with Crippen LogP contribution in [-0.2, 0) is 0 Å². The Balaban J connectivity index is 2.46. The Hall–Kier alpha value is -0.0400. The highest BCUT2D eigenvalue weighted by atomic mass is 16.3. The van der Waals surface area contributed by atoms with Crippen LogP contribution in [0.15, 0.2) is 0 Å². The largest absolute Gasteiger partial charge is 0.390 e. The molecule has 0 atom stereocenters. The van der Waals surface area contributed by atoms with Gasteiger partial charge in [0.05, 0.1) is 5.60 Å². The molecule has 0 unspecified atom stereocenters. The average Bonchev–Trinajstić information content (AvgIpc) is 2.58. The van der Waals surface area contributed by atoms with E-state index in [9.17, 15) is 5.11 Å². The lowest BCUT2D eigenvalue weighted by Crippen LogP contribution is -2.26. The predicted molar refractivity (Wildman–Crippen MR) is 56.7 cm³/mol. The highest BCUT2D eigenvalue weighted by Crippen LogP contribution is 2.61. The van der Waals surface area contributed by atoms with Crippen molar-refractivity contribution in [2.24, 2.45) is 10.8 Å². The van der Waals surface area contributed by atoms with Crippen molar-refractivity contribution in [2.45, 2.75) is 65.9 Å². The molecule has 0 saturated heterocycles. The monoisotopic (exact) mass is 184 g/mol. The van der Waals surface area contributed by atoms with Gasteiger partial charge in [-0.25, -0.2) is 0 Å². The van der Waals surface area contributed by atoms with Crippen LogP contribution >= 0.6 is 0 Å². The molecule has 1 rings (SSSR count). The van der Waals surface area contributed by atoms with Crippen molar-refractivity contribution < 1.29 is 5.11 Å². The number of aliphatic hydroxyl groups is 1. The van der Waals surface area contributed by atoms with Crippen LogP contribution in [0.2, 0.25) is 0 Å². The molecule has 0 aromatic rings. The van der Waals surface area contributed by atoms with Gasteiger partial charge in [0.2, 0.25) is 0 Å². The Morgan fingerprint density at radius 3 is 1.77 bits per heavy atom. The van der Waals surface area contributed by atoms with E-state index in [0.717, 1.165) is 6.42 Å². The molecule has 0 radical (unpaired) electrons. The third kappa shape index (κ3) is 2.70. The lowest BCUT2D eigenvalue weighted by atomic mass is 9.73.